The molecule has 1 saturated carbocycles. The molecule has 0 aromatic rings. The average Bonchev–Trinajstić information content (AvgIpc) is 2.07. The first-order chi connectivity index (χ1) is 5.77. The highest BCUT2D eigenvalue weighted by molar-refractivity contribution is 5.88. The fourth-order valence-corrected chi connectivity index (χ4v) is 2.23. The number of amides is 1. The van der Waals surface area contributed by atoms with Gasteiger partial charge in [0.1, 0.15) is 5.78 Å². The van der Waals surface area contributed by atoms with Gasteiger partial charge in [0.25, 0.3) is 0 Å². The third-order valence-electron chi connectivity index (χ3n) is 2.96. The van der Waals surface area contributed by atoms with E-state index in [1.54, 1.807) is 0 Å². The summed E-state index contributed by atoms with van der Waals surface area (Å²) >= 11 is 0. The number of hydrogen-bond acceptors (Lipinski definition) is 2. The molecule has 2 aliphatic rings. The molecule has 1 heterocycles. The van der Waals surface area contributed by atoms with Gasteiger partial charge in [0.05, 0.1) is 0 Å². The normalized spacial score (nSPS) is 35.7. The van der Waals surface area contributed by atoms with Gasteiger partial charge in [-0.1, -0.05) is 0 Å². The molecule has 0 radical (unpaired) electrons. The minimum atomic E-state index is -0.000000000000000444. The lowest BCUT2D eigenvalue weighted by Gasteiger charge is -2.33. The van der Waals surface area contributed by atoms with E-state index in [0.717, 1.165) is 19.4 Å². The largest absolute Gasteiger partial charge is 0.356 e. The van der Waals surface area contributed by atoms with E-state index < -0.39 is 0 Å². The zero-order chi connectivity index (χ0) is 8.55. The van der Waals surface area contributed by atoms with Gasteiger partial charge in [0.15, 0.2) is 0 Å². The molecule has 1 saturated heterocycles. The van der Waals surface area contributed by atoms with Crippen LogP contribution < -0.4 is 5.32 Å². The van der Waals surface area contributed by atoms with Gasteiger partial charge in [-0.05, 0) is 18.8 Å². The Balaban J connectivity index is 2.10. The van der Waals surface area contributed by atoms with Crippen LogP contribution in [0.3, 0.4) is 0 Å². The third kappa shape index (κ3) is 1.24. The molecule has 2 unspecified atom stereocenters. The van der Waals surface area contributed by atoms with E-state index in [0.29, 0.717) is 18.8 Å². The van der Waals surface area contributed by atoms with Crippen LogP contribution in [0.5, 0.6) is 0 Å². The maximum Gasteiger partial charge on any atom is 0.223 e. The van der Waals surface area contributed by atoms with Crippen molar-refractivity contribution >= 4 is 11.7 Å². The van der Waals surface area contributed by atoms with E-state index >= 15 is 0 Å². The van der Waals surface area contributed by atoms with Crippen LogP contribution in [0.25, 0.3) is 0 Å². The highest BCUT2D eigenvalue weighted by Crippen LogP contribution is 2.32. The summed E-state index contributed by atoms with van der Waals surface area (Å²) in [6.45, 7) is 0.800. The predicted molar refractivity (Wildman–Crippen MR) is 43.5 cm³/mol. The second-order valence-electron chi connectivity index (χ2n) is 3.73. The summed E-state index contributed by atoms with van der Waals surface area (Å²) < 4.78 is 0. The molecule has 1 N–H and O–H groups in total. The van der Waals surface area contributed by atoms with Crippen LogP contribution in [0.2, 0.25) is 0 Å². The standard InChI is InChI=1S/C9H13NO2/c11-7-2-1-6-3-4-10-9(12)8(6)5-7/h6,8H,1-5H2,(H,10,12). The van der Waals surface area contributed by atoms with Crippen molar-refractivity contribution in [3.05, 3.63) is 0 Å². The van der Waals surface area contributed by atoms with Crippen molar-refractivity contribution in [2.75, 3.05) is 6.54 Å². The zero-order valence-corrected chi connectivity index (χ0v) is 7.01. The van der Waals surface area contributed by atoms with Crippen molar-refractivity contribution in [3.8, 4) is 0 Å². The number of rotatable bonds is 0. The Labute approximate surface area is 71.5 Å². The molecule has 2 atom stereocenters. The maximum atomic E-state index is 11.3. The Morgan fingerprint density at radius 2 is 2.08 bits per heavy atom. The average molecular weight is 167 g/mol. The van der Waals surface area contributed by atoms with Crippen molar-refractivity contribution in [1.29, 1.82) is 0 Å². The molecule has 1 aliphatic carbocycles. The van der Waals surface area contributed by atoms with Crippen LogP contribution in [-0.4, -0.2) is 18.2 Å². The summed E-state index contributed by atoms with van der Waals surface area (Å²) in [4.78, 5) is 22.4. The molecule has 1 amide bonds. The van der Waals surface area contributed by atoms with Crippen LogP contribution in [-0.2, 0) is 9.59 Å². The van der Waals surface area contributed by atoms with E-state index in [2.05, 4.69) is 5.32 Å². The van der Waals surface area contributed by atoms with E-state index in [1.807, 2.05) is 0 Å². The molecule has 66 valence electrons. The van der Waals surface area contributed by atoms with Gasteiger partial charge in [-0.3, -0.25) is 9.59 Å². The van der Waals surface area contributed by atoms with E-state index in [1.165, 1.54) is 0 Å². The minimum Gasteiger partial charge on any atom is -0.356 e. The van der Waals surface area contributed by atoms with Gasteiger partial charge in [-0.15, -0.1) is 0 Å². The number of hydrogen-bond donors (Lipinski definition) is 1. The number of Topliss-reactive ketones (excluding diaryl/α,β-unsaturated/α-hetero) is 1. The topological polar surface area (TPSA) is 46.2 Å². The predicted octanol–water partition coefficient (Wildman–Crippen LogP) is 0.492. The Morgan fingerprint density at radius 1 is 1.25 bits per heavy atom. The molecule has 1 aliphatic heterocycles. The van der Waals surface area contributed by atoms with Gasteiger partial charge in [-0.25, -0.2) is 0 Å². The number of piperidine rings is 1. The molecule has 0 aromatic heterocycles. The lowest BCUT2D eigenvalue weighted by Crippen LogP contribution is -2.45. The lowest BCUT2D eigenvalue weighted by atomic mass is 9.75. The molecule has 0 spiro atoms. The number of ketones is 1. The van der Waals surface area contributed by atoms with Crippen LogP contribution >= 0.6 is 0 Å². The number of nitrogens with one attached hydrogen (secondary N) is 1. The Bertz CT molecular complexity index is 225. The SMILES string of the molecule is O=C1CCC2CCNC(=O)C2C1. The van der Waals surface area contributed by atoms with Crippen LogP contribution in [0.15, 0.2) is 0 Å². The smallest absolute Gasteiger partial charge is 0.223 e. The van der Waals surface area contributed by atoms with Crippen LogP contribution in [0.4, 0.5) is 0 Å². The number of fused-ring (bicyclic) bond motifs is 1. The number of carbonyl (C=O) groups excluding carboxylic acids is 2. The molecule has 2 rings (SSSR count). The van der Waals surface area contributed by atoms with E-state index in [-0.39, 0.29) is 17.6 Å². The monoisotopic (exact) mass is 167 g/mol. The van der Waals surface area contributed by atoms with Gasteiger partial charge in [-0.2, -0.15) is 0 Å². The number of carbonyl (C=O) groups is 2. The van der Waals surface area contributed by atoms with Crippen molar-refractivity contribution in [3.63, 3.8) is 0 Å². The first-order valence-corrected chi connectivity index (χ1v) is 4.57. The second-order valence-corrected chi connectivity index (χ2v) is 3.73. The van der Waals surface area contributed by atoms with Gasteiger partial charge in [0.2, 0.25) is 5.91 Å². The molecule has 3 heteroatoms. The van der Waals surface area contributed by atoms with Crippen LogP contribution in [0.1, 0.15) is 25.7 Å². The lowest BCUT2D eigenvalue weighted by molar-refractivity contribution is -0.136. The molecule has 12 heavy (non-hydrogen) atoms. The highest BCUT2D eigenvalue weighted by atomic mass is 16.2. The van der Waals surface area contributed by atoms with Gasteiger partial charge >= 0.3 is 0 Å². The Morgan fingerprint density at radius 3 is 2.92 bits per heavy atom. The molecular formula is C9H13NO2. The summed E-state index contributed by atoms with van der Waals surface area (Å²) in [5.41, 5.74) is 0. The first-order valence-electron chi connectivity index (χ1n) is 4.57. The quantitative estimate of drug-likeness (QED) is 0.570. The summed E-state index contributed by atoms with van der Waals surface area (Å²) in [7, 11) is 0. The van der Waals surface area contributed by atoms with Crippen LogP contribution in [0, 0.1) is 11.8 Å². The highest BCUT2D eigenvalue weighted by Gasteiger charge is 2.36. The van der Waals surface area contributed by atoms with E-state index in [9.17, 15) is 9.59 Å². The van der Waals surface area contributed by atoms with Crippen molar-refractivity contribution in [2.24, 2.45) is 11.8 Å². The molecule has 0 bridgehead atoms. The molecule has 3 nitrogen and oxygen atoms in total. The summed E-state index contributed by atoms with van der Waals surface area (Å²) in [5, 5.41) is 2.81. The maximum absolute atomic E-state index is 11.3. The summed E-state index contributed by atoms with van der Waals surface area (Å²) in [5.74, 6) is 0.837. The van der Waals surface area contributed by atoms with Crippen molar-refractivity contribution < 1.29 is 9.59 Å². The summed E-state index contributed by atoms with van der Waals surface area (Å²) in [6, 6.07) is 0. The Hall–Kier alpha value is -0.860. The zero-order valence-electron chi connectivity index (χ0n) is 7.01. The Kier molecular flexibility index (Phi) is 1.87. The first kappa shape index (κ1) is 7.77. The second kappa shape index (κ2) is 2.88. The van der Waals surface area contributed by atoms with Gasteiger partial charge < -0.3 is 5.32 Å². The third-order valence-corrected chi connectivity index (χ3v) is 2.96. The molecular weight excluding hydrogens is 154 g/mol. The molecule has 0 aromatic carbocycles. The van der Waals surface area contributed by atoms with E-state index in [4.69, 9.17) is 0 Å². The minimum absolute atomic E-state index is 0.000000000000000444. The van der Waals surface area contributed by atoms with Crippen molar-refractivity contribution in [1.82, 2.24) is 5.32 Å². The van der Waals surface area contributed by atoms with Gasteiger partial charge in [0, 0.05) is 25.3 Å². The summed E-state index contributed by atoms with van der Waals surface area (Å²) in [6.07, 6.45) is 3.16. The molecule has 2 fully saturated rings. The fourth-order valence-electron chi connectivity index (χ4n) is 2.23. The fraction of sp³-hybridized carbons (Fsp3) is 0.778. The van der Waals surface area contributed by atoms with Crippen molar-refractivity contribution in [2.45, 2.75) is 25.7 Å².